The minimum atomic E-state index is -0.398. The average Bonchev–Trinajstić information content (AvgIpc) is 3.36. The standard InChI is InChI=1S/C23H22N4O5S/c1-3-20-21(15-6-9-18(31-2)17(28)10-15)26-27(23(30)33-20)12-14-4-7-16(8-5-14)25-22(29)19-11-24-13-32-19/h4-11,13,20,28H,3,12H2,1-2H3,(H,25,29). The molecule has 9 nitrogen and oxygen atoms in total. The first kappa shape index (κ1) is 22.4. The highest BCUT2D eigenvalue weighted by atomic mass is 32.2. The van der Waals surface area contributed by atoms with E-state index in [1.807, 2.05) is 25.1 Å². The topological polar surface area (TPSA) is 117 Å². The summed E-state index contributed by atoms with van der Waals surface area (Å²) in [4.78, 5) is 28.5. The maximum atomic E-state index is 12.7. The van der Waals surface area contributed by atoms with E-state index in [9.17, 15) is 14.7 Å². The average molecular weight is 467 g/mol. The van der Waals surface area contributed by atoms with Crippen LogP contribution in [0.15, 0.2) is 64.6 Å². The number of aromatic nitrogens is 1. The Balaban J connectivity index is 1.51. The Labute approximate surface area is 194 Å². The Bertz CT molecular complexity index is 1180. The zero-order valence-electron chi connectivity index (χ0n) is 18.0. The number of ether oxygens (including phenoxy) is 1. The molecule has 2 amide bonds. The molecule has 0 radical (unpaired) electrons. The van der Waals surface area contributed by atoms with Gasteiger partial charge in [-0.1, -0.05) is 30.8 Å². The fraction of sp³-hybridized carbons (Fsp3) is 0.217. The van der Waals surface area contributed by atoms with E-state index in [-0.39, 0.29) is 28.5 Å². The van der Waals surface area contributed by atoms with E-state index in [0.717, 1.165) is 23.3 Å². The summed E-state index contributed by atoms with van der Waals surface area (Å²) in [6.45, 7) is 2.26. The number of phenolic OH excluding ortho intramolecular Hbond substituents is 1. The third-order valence-electron chi connectivity index (χ3n) is 5.03. The van der Waals surface area contributed by atoms with E-state index < -0.39 is 5.91 Å². The maximum Gasteiger partial charge on any atom is 0.302 e. The third kappa shape index (κ3) is 5.01. The number of phenols is 1. The second-order valence-corrected chi connectivity index (χ2v) is 8.38. The van der Waals surface area contributed by atoms with Crippen LogP contribution in [0, 0.1) is 0 Å². The molecule has 3 aromatic rings. The molecule has 1 aliphatic rings. The number of nitrogens with one attached hydrogen (secondary N) is 1. The van der Waals surface area contributed by atoms with Crippen molar-refractivity contribution in [3.05, 3.63) is 71.9 Å². The van der Waals surface area contributed by atoms with E-state index in [4.69, 9.17) is 9.15 Å². The second-order valence-electron chi connectivity index (χ2n) is 7.23. The molecule has 2 heterocycles. The largest absolute Gasteiger partial charge is 0.504 e. The number of carbonyl (C=O) groups is 2. The molecule has 2 aromatic carbocycles. The molecule has 1 aliphatic heterocycles. The Morgan fingerprint density at radius 3 is 2.70 bits per heavy atom. The van der Waals surface area contributed by atoms with Crippen LogP contribution in [-0.4, -0.2) is 44.3 Å². The van der Waals surface area contributed by atoms with Gasteiger partial charge in [-0.3, -0.25) is 9.59 Å². The minimum absolute atomic E-state index is 0.0176. The monoisotopic (exact) mass is 466 g/mol. The Morgan fingerprint density at radius 2 is 2.06 bits per heavy atom. The number of nitrogens with zero attached hydrogens (tertiary/aromatic N) is 3. The summed E-state index contributed by atoms with van der Waals surface area (Å²) in [5.41, 5.74) is 2.88. The number of anilines is 1. The Hall–Kier alpha value is -3.79. The molecule has 1 aromatic heterocycles. The second kappa shape index (κ2) is 9.78. The molecule has 0 fully saturated rings. The van der Waals surface area contributed by atoms with Gasteiger partial charge in [0.05, 0.1) is 30.8 Å². The van der Waals surface area contributed by atoms with Gasteiger partial charge in [-0.25, -0.2) is 9.99 Å². The van der Waals surface area contributed by atoms with E-state index in [1.165, 1.54) is 36.5 Å². The number of aromatic hydroxyl groups is 1. The number of thioether (sulfide) groups is 1. The normalized spacial score (nSPS) is 15.8. The molecule has 0 bridgehead atoms. The van der Waals surface area contributed by atoms with Crippen LogP contribution in [0.1, 0.15) is 35.0 Å². The first-order valence-electron chi connectivity index (χ1n) is 10.2. The van der Waals surface area contributed by atoms with Crippen molar-refractivity contribution in [3.63, 3.8) is 0 Å². The summed E-state index contributed by atoms with van der Waals surface area (Å²) < 4.78 is 10.1. The van der Waals surface area contributed by atoms with Crippen LogP contribution in [0.5, 0.6) is 11.5 Å². The van der Waals surface area contributed by atoms with Gasteiger partial charge in [0.15, 0.2) is 17.9 Å². The van der Waals surface area contributed by atoms with Gasteiger partial charge in [0.25, 0.3) is 5.91 Å². The lowest BCUT2D eigenvalue weighted by atomic mass is 10.0. The number of rotatable bonds is 7. The fourth-order valence-corrected chi connectivity index (χ4v) is 4.26. The van der Waals surface area contributed by atoms with E-state index in [1.54, 1.807) is 24.3 Å². The number of methoxy groups -OCH3 is 1. The molecule has 1 unspecified atom stereocenters. The van der Waals surface area contributed by atoms with Crippen LogP contribution >= 0.6 is 11.8 Å². The Morgan fingerprint density at radius 1 is 1.27 bits per heavy atom. The van der Waals surface area contributed by atoms with Crippen molar-refractivity contribution < 1.29 is 23.8 Å². The fourth-order valence-electron chi connectivity index (χ4n) is 3.33. The summed E-state index contributed by atoms with van der Waals surface area (Å²) >= 11 is 1.21. The molecule has 4 rings (SSSR count). The van der Waals surface area contributed by atoms with Gasteiger partial charge in [-0.15, -0.1) is 0 Å². The number of carbonyl (C=O) groups excluding carboxylic acids is 2. The zero-order chi connectivity index (χ0) is 23.4. The lowest BCUT2D eigenvalue weighted by Crippen LogP contribution is -2.34. The molecular formula is C23H22N4O5S. The molecule has 0 saturated heterocycles. The number of amides is 2. The summed E-state index contributed by atoms with van der Waals surface area (Å²) in [7, 11) is 1.49. The summed E-state index contributed by atoms with van der Waals surface area (Å²) in [5.74, 6) is 0.112. The predicted molar refractivity (Wildman–Crippen MR) is 125 cm³/mol. The first-order valence-corrected chi connectivity index (χ1v) is 11.1. The smallest absolute Gasteiger partial charge is 0.302 e. The van der Waals surface area contributed by atoms with Gasteiger partial charge >= 0.3 is 5.24 Å². The lowest BCUT2D eigenvalue weighted by Gasteiger charge is -2.28. The van der Waals surface area contributed by atoms with Crippen molar-refractivity contribution >= 4 is 34.3 Å². The van der Waals surface area contributed by atoms with Crippen molar-refractivity contribution in [2.45, 2.75) is 25.1 Å². The van der Waals surface area contributed by atoms with Gasteiger partial charge in [-0.05, 0) is 42.3 Å². The number of hydrazone groups is 1. The SMILES string of the molecule is CCC1SC(=O)N(Cc2ccc(NC(=O)c3cnco3)cc2)N=C1c1ccc(OC)c(O)c1. The van der Waals surface area contributed by atoms with Crippen molar-refractivity contribution in [1.82, 2.24) is 9.99 Å². The van der Waals surface area contributed by atoms with Crippen LogP contribution in [0.25, 0.3) is 0 Å². The van der Waals surface area contributed by atoms with Crippen LogP contribution in [0.3, 0.4) is 0 Å². The molecule has 0 saturated carbocycles. The molecule has 170 valence electrons. The summed E-state index contributed by atoms with van der Waals surface area (Å²) in [6.07, 6.45) is 3.25. The summed E-state index contributed by atoms with van der Waals surface area (Å²) in [6, 6.07) is 12.2. The number of hydrogen-bond acceptors (Lipinski definition) is 8. The van der Waals surface area contributed by atoms with Gasteiger partial charge in [0, 0.05) is 11.3 Å². The molecule has 1 atom stereocenters. The highest BCUT2D eigenvalue weighted by Gasteiger charge is 2.30. The van der Waals surface area contributed by atoms with Crippen molar-refractivity contribution in [3.8, 4) is 11.5 Å². The van der Waals surface area contributed by atoms with E-state index >= 15 is 0 Å². The van der Waals surface area contributed by atoms with Crippen LogP contribution in [-0.2, 0) is 6.54 Å². The quantitative estimate of drug-likeness (QED) is 0.527. The lowest BCUT2D eigenvalue weighted by molar-refractivity contribution is 0.0996. The summed E-state index contributed by atoms with van der Waals surface area (Å²) in [5, 5.41) is 18.7. The van der Waals surface area contributed by atoms with E-state index in [0.29, 0.717) is 11.4 Å². The molecule has 0 aliphatic carbocycles. The molecule has 10 heteroatoms. The van der Waals surface area contributed by atoms with Crippen molar-refractivity contribution in [2.24, 2.45) is 5.10 Å². The number of benzene rings is 2. The number of hydrogen-bond donors (Lipinski definition) is 2. The zero-order valence-corrected chi connectivity index (χ0v) is 18.8. The minimum Gasteiger partial charge on any atom is -0.504 e. The highest BCUT2D eigenvalue weighted by Crippen LogP contribution is 2.33. The van der Waals surface area contributed by atoms with Crippen molar-refractivity contribution in [2.75, 3.05) is 12.4 Å². The van der Waals surface area contributed by atoms with Gasteiger partial charge < -0.3 is 19.6 Å². The van der Waals surface area contributed by atoms with Gasteiger partial charge in [0.1, 0.15) is 0 Å². The molecular weight excluding hydrogens is 444 g/mol. The third-order valence-corrected chi connectivity index (χ3v) is 6.29. The highest BCUT2D eigenvalue weighted by molar-refractivity contribution is 8.14. The molecule has 2 N–H and O–H groups in total. The van der Waals surface area contributed by atoms with Gasteiger partial charge in [-0.2, -0.15) is 5.10 Å². The van der Waals surface area contributed by atoms with E-state index in [2.05, 4.69) is 15.4 Å². The van der Waals surface area contributed by atoms with Crippen LogP contribution in [0.4, 0.5) is 10.5 Å². The van der Waals surface area contributed by atoms with Crippen LogP contribution < -0.4 is 10.1 Å². The van der Waals surface area contributed by atoms with Gasteiger partial charge in [0.2, 0.25) is 5.76 Å². The maximum absolute atomic E-state index is 12.7. The first-order chi connectivity index (χ1) is 16.0. The van der Waals surface area contributed by atoms with Crippen LogP contribution in [0.2, 0.25) is 0 Å². The molecule has 33 heavy (non-hydrogen) atoms. The Kier molecular flexibility index (Phi) is 6.64. The molecule has 0 spiro atoms. The predicted octanol–water partition coefficient (Wildman–Crippen LogP) is 4.49. The van der Waals surface area contributed by atoms with Crippen molar-refractivity contribution in [1.29, 1.82) is 0 Å². The number of oxazole rings is 1.